The minimum atomic E-state index is -1.83. The third-order valence-corrected chi connectivity index (χ3v) is 7.01. The molecule has 0 radical (unpaired) electrons. The molecule has 0 aliphatic heterocycles. The van der Waals surface area contributed by atoms with Gasteiger partial charge in [-0.05, 0) is 56.6 Å². The summed E-state index contributed by atoms with van der Waals surface area (Å²) in [5, 5.41) is 0. The highest BCUT2D eigenvalue weighted by Crippen LogP contribution is 2.68. The molecule has 0 N–H and O–H groups in total. The van der Waals surface area contributed by atoms with Gasteiger partial charge in [0.25, 0.3) is 0 Å². The normalized spacial score (nSPS) is 41.3. The van der Waals surface area contributed by atoms with Crippen LogP contribution in [0.1, 0.15) is 80.1 Å². The van der Waals surface area contributed by atoms with Crippen molar-refractivity contribution < 1.29 is 27.1 Å². The molecule has 0 aromatic heterocycles. The van der Waals surface area contributed by atoms with Gasteiger partial charge in [-0.25, -0.2) is 17.6 Å². The number of ketones is 1. The van der Waals surface area contributed by atoms with Crippen LogP contribution in [0.2, 0.25) is 0 Å². The minimum Gasteiger partial charge on any atom is -0.493 e. The van der Waals surface area contributed by atoms with E-state index in [9.17, 15) is 9.18 Å². The van der Waals surface area contributed by atoms with E-state index in [2.05, 4.69) is 0 Å². The summed E-state index contributed by atoms with van der Waals surface area (Å²) in [6.07, 6.45) is 1.42. The molecule has 1 aromatic carbocycles. The third kappa shape index (κ3) is 2.94. The van der Waals surface area contributed by atoms with Crippen molar-refractivity contribution in [2.45, 2.75) is 81.2 Å². The maximum atomic E-state index is 15.1. The maximum Gasteiger partial charge on any atom is 0.162 e. The van der Waals surface area contributed by atoms with Crippen LogP contribution in [0.15, 0.2) is 12.1 Å². The zero-order valence-corrected chi connectivity index (χ0v) is 15.9. The molecule has 0 atom stereocenters. The first-order valence-corrected chi connectivity index (χ1v) is 10.1. The summed E-state index contributed by atoms with van der Waals surface area (Å²) in [6.45, 7) is 1.28. The molecule has 5 aliphatic carbocycles. The number of carbonyl (C=O) groups excluding carboxylic acids is 1. The van der Waals surface area contributed by atoms with Crippen LogP contribution < -0.4 is 4.74 Å². The number of rotatable bonds is 5. The molecular formula is C22H24F4O2. The summed E-state index contributed by atoms with van der Waals surface area (Å²) in [5.41, 5.74) is -5.61. The Hall–Kier alpha value is -1.59. The number of Topliss-reactive ketones (excluding diaryl/α,β-unsaturated/α-hetero) is 1. The molecule has 2 nitrogen and oxygen atoms in total. The van der Waals surface area contributed by atoms with Crippen LogP contribution in [0, 0.1) is 11.2 Å². The molecule has 5 fully saturated rings. The molecule has 0 spiro atoms. The standard InChI is InChI=1S/C22H24F4O2/c1-13(27)15-4-16(14-2-3-14)18(5-17(15)23)28-12-19-6-20(24)9-21(25,7-19)11-22(26,8-19)10-20/h4-5,14H,2-3,6-12H2,1H3. The van der Waals surface area contributed by atoms with Crippen LogP contribution in [0.5, 0.6) is 5.75 Å². The number of benzene rings is 1. The highest BCUT2D eigenvalue weighted by Gasteiger charge is 2.70. The van der Waals surface area contributed by atoms with Crippen LogP contribution in [-0.2, 0) is 0 Å². The van der Waals surface area contributed by atoms with Crippen molar-refractivity contribution in [2.75, 3.05) is 6.61 Å². The molecule has 5 aliphatic rings. The second-order valence-electron chi connectivity index (χ2n) is 10.0. The smallest absolute Gasteiger partial charge is 0.162 e. The number of carbonyl (C=O) groups is 1. The third-order valence-electron chi connectivity index (χ3n) is 7.01. The Morgan fingerprint density at radius 3 is 2.00 bits per heavy atom. The first-order valence-electron chi connectivity index (χ1n) is 10.1. The van der Waals surface area contributed by atoms with Crippen molar-refractivity contribution in [1.29, 1.82) is 0 Å². The fourth-order valence-electron chi connectivity index (χ4n) is 6.53. The van der Waals surface area contributed by atoms with Gasteiger partial charge >= 0.3 is 0 Å². The summed E-state index contributed by atoms with van der Waals surface area (Å²) in [5.74, 6) is -0.500. The predicted octanol–water partition coefficient (Wildman–Crippen LogP) is 5.78. The van der Waals surface area contributed by atoms with Gasteiger partial charge in [0.1, 0.15) is 28.6 Å². The summed E-state index contributed by atoms with van der Waals surface area (Å²) in [7, 11) is 0. The molecule has 6 heteroatoms. The van der Waals surface area contributed by atoms with E-state index in [0.29, 0.717) is 5.75 Å². The molecular weight excluding hydrogens is 372 g/mol. The zero-order valence-electron chi connectivity index (χ0n) is 15.9. The predicted molar refractivity (Wildman–Crippen MR) is 95.5 cm³/mol. The Morgan fingerprint density at radius 1 is 1.00 bits per heavy atom. The van der Waals surface area contributed by atoms with E-state index in [1.807, 2.05) is 0 Å². The summed E-state index contributed by atoms with van der Waals surface area (Å²) in [6, 6.07) is 2.74. The van der Waals surface area contributed by atoms with Gasteiger partial charge in [0, 0.05) is 30.7 Å². The quantitative estimate of drug-likeness (QED) is 0.466. The summed E-state index contributed by atoms with van der Waals surface area (Å²) in [4.78, 5) is 11.7. The zero-order chi connectivity index (χ0) is 19.9. The van der Waals surface area contributed by atoms with Gasteiger partial charge in [-0.2, -0.15) is 0 Å². The Morgan fingerprint density at radius 2 is 1.54 bits per heavy atom. The van der Waals surface area contributed by atoms with Gasteiger partial charge < -0.3 is 4.74 Å². The van der Waals surface area contributed by atoms with E-state index in [1.165, 1.54) is 19.1 Å². The molecule has 6 rings (SSSR count). The highest BCUT2D eigenvalue weighted by molar-refractivity contribution is 5.94. The average Bonchev–Trinajstić information content (AvgIpc) is 3.32. The molecule has 0 unspecified atom stereocenters. The molecule has 0 amide bonds. The number of alkyl halides is 3. The summed E-state index contributed by atoms with van der Waals surface area (Å²) < 4.78 is 65.7. The lowest BCUT2D eigenvalue weighted by Gasteiger charge is -2.62. The van der Waals surface area contributed by atoms with E-state index < -0.39 is 28.2 Å². The minimum absolute atomic E-state index is 0.0252. The van der Waals surface area contributed by atoms with E-state index in [1.54, 1.807) is 0 Å². The average molecular weight is 396 g/mol. The Balaban J connectivity index is 1.44. The fraction of sp³-hybridized carbons (Fsp3) is 0.682. The van der Waals surface area contributed by atoms with Gasteiger partial charge in [-0.15, -0.1) is 0 Å². The first-order chi connectivity index (χ1) is 13.0. The van der Waals surface area contributed by atoms with Crippen molar-refractivity contribution >= 4 is 5.78 Å². The molecule has 5 saturated carbocycles. The van der Waals surface area contributed by atoms with Crippen molar-refractivity contribution in [1.82, 2.24) is 0 Å². The van der Waals surface area contributed by atoms with Crippen LogP contribution in [0.4, 0.5) is 17.6 Å². The van der Waals surface area contributed by atoms with Crippen molar-refractivity contribution in [3.63, 3.8) is 0 Å². The van der Waals surface area contributed by atoms with Crippen LogP contribution in [-0.4, -0.2) is 29.4 Å². The first kappa shape index (κ1) is 18.4. The topological polar surface area (TPSA) is 26.3 Å². The Bertz CT molecular complexity index is 809. The fourth-order valence-corrected chi connectivity index (χ4v) is 6.53. The Labute approximate surface area is 161 Å². The van der Waals surface area contributed by atoms with Crippen molar-refractivity contribution in [2.24, 2.45) is 5.41 Å². The second kappa shape index (κ2) is 5.51. The molecule has 0 heterocycles. The van der Waals surface area contributed by atoms with Crippen LogP contribution in [0.3, 0.4) is 0 Å². The number of hydrogen-bond donors (Lipinski definition) is 0. The Kier molecular flexibility index (Phi) is 3.63. The second-order valence-corrected chi connectivity index (χ2v) is 10.0. The van der Waals surface area contributed by atoms with Crippen molar-refractivity contribution in [3.8, 4) is 5.75 Å². The highest BCUT2D eigenvalue weighted by atomic mass is 19.2. The SMILES string of the molecule is CC(=O)c1cc(C2CC2)c(OCC23CC4(F)CC(F)(CC(F)(C4)C2)C3)cc1F. The molecule has 28 heavy (non-hydrogen) atoms. The molecule has 1 aromatic rings. The maximum absolute atomic E-state index is 15.1. The van der Waals surface area contributed by atoms with Crippen LogP contribution >= 0.6 is 0 Å². The summed E-state index contributed by atoms with van der Waals surface area (Å²) >= 11 is 0. The van der Waals surface area contributed by atoms with Crippen LogP contribution in [0.25, 0.3) is 0 Å². The molecule has 4 bridgehead atoms. The van der Waals surface area contributed by atoms with E-state index >= 15 is 13.2 Å². The van der Waals surface area contributed by atoms with Gasteiger partial charge in [0.2, 0.25) is 0 Å². The van der Waals surface area contributed by atoms with Gasteiger partial charge in [0.05, 0.1) is 12.2 Å². The lowest BCUT2D eigenvalue weighted by molar-refractivity contribution is -0.223. The van der Waals surface area contributed by atoms with E-state index in [0.717, 1.165) is 18.4 Å². The lowest BCUT2D eigenvalue weighted by Crippen LogP contribution is -2.66. The number of ether oxygens (including phenoxy) is 1. The number of halogens is 4. The van der Waals surface area contributed by atoms with Crippen molar-refractivity contribution in [3.05, 3.63) is 29.1 Å². The van der Waals surface area contributed by atoms with Gasteiger partial charge in [-0.1, -0.05) is 0 Å². The molecule has 152 valence electrons. The van der Waals surface area contributed by atoms with E-state index in [4.69, 9.17) is 4.74 Å². The monoisotopic (exact) mass is 396 g/mol. The number of hydrogen-bond acceptors (Lipinski definition) is 2. The largest absolute Gasteiger partial charge is 0.493 e. The van der Waals surface area contributed by atoms with E-state index in [-0.39, 0.29) is 62.4 Å². The van der Waals surface area contributed by atoms with Gasteiger partial charge in [-0.3, -0.25) is 4.79 Å². The van der Waals surface area contributed by atoms with Gasteiger partial charge in [0.15, 0.2) is 5.78 Å². The lowest BCUT2D eigenvalue weighted by atomic mass is 9.46. The molecule has 0 saturated heterocycles.